The minimum Gasteiger partial charge on any atom is -0.368 e. The zero-order valence-electron chi connectivity index (χ0n) is 16.0. The molecule has 2 aromatic carbocycles. The van der Waals surface area contributed by atoms with Gasteiger partial charge in [-0.1, -0.05) is 27.5 Å². The number of hydrogen-bond donors (Lipinski definition) is 3. The van der Waals surface area contributed by atoms with Crippen molar-refractivity contribution in [1.82, 2.24) is 10.6 Å². The monoisotopic (exact) mass is 493 g/mol. The Balaban J connectivity index is 1.46. The van der Waals surface area contributed by atoms with Crippen molar-refractivity contribution < 1.29 is 19.1 Å². The Morgan fingerprint density at radius 3 is 2.47 bits per heavy atom. The smallest absolute Gasteiger partial charge is 0.257 e. The second-order valence-corrected chi connectivity index (χ2v) is 8.03. The van der Waals surface area contributed by atoms with Crippen LogP contribution in [0.2, 0.25) is 5.02 Å². The maximum absolute atomic E-state index is 12.4. The fourth-order valence-corrected chi connectivity index (χ4v) is 3.50. The van der Waals surface area contributed by atoms with Crippen LogP contribution >= 0.6 is 27.5 Å². The van der Waals surface area contributed by atoms with Gasteiger partial charge in [-0.25, -0.2) is 0 Å². The van der Waals surface area contributed by atoms with Crippen LogP contribution in [0.25, 0.3) is 0 Å². The van der Waals surface area contributed by atoms with E-state index >= 15 is 0 Å². The molecule has 0 aliphatic carbocycles. The van der Waals surface area contributed by atoms with E-state index in [-0.39, 0.29) is 23.8 Å². The second kappa shape index (κ2) is 10.6. The van der Waals surface area contributed by atoms with Crippen molar-refractivity contribution in [3.05, 3.63) is 63.1 Å². The van der Waals surface area contributed by atoms with Gasteiger partial charge in [-0.2, -0.15) is 0 Å². The Morgan fingerprint density at radius 1 is 1.03 bits per heavy atom. The van der Waals surface area contributed by atoms with E-state index in [0.29, 0.717) is 41.5 Å². The Kier molecular flexibility index (Phi) is 7.84. The molecule has 7 nitrogen and oxygen atoms in total. The molecule has 0 bridgehead atoms. The number of carbonyl (C=O) groups is 3. The Hall–Kier alpha value is -2.42. The van der Waals surface area contributed by atoms with Crippen molar-refractivity contribution in [1.29, 1.82) is 0 Å². The van der Waals surface area contributed by atoms with Crippen LogP contribution in [0, 0.1) is 0 Å². The maximum Gasteiger partial charge on any atom is 0.257 e. The lowest BCUT2D eigenvalue weighted by Gasteiger charge is -2.11. The SMILES string of the molecule is O=C(NCCNC(=O)C1CCCO1)c1ccc(NC(=O)c2cc(Br)ccc2Cl)cc1. The minimum absolute atomic E-state index is 0.146. The fraction of sp³-hybridized carbons (Fsp3) is 0.286. The molecule has 0 spiro atoms. The van der Waals surface area contributed by atoms with Crippen LogP contribution in [0.4, 0.5) is 5.69 Å². The molecule has 0 aromatic heterocycles. The molecule has 1 atom stereocenters. The van der Waals surface area contributed by atoms with E-state index in [4.69, 9.17) is 16.3 Å². The van der Waals surface area contributed by atoms with Gasteiger partial charge in [0.25, 0.3) is 11.8 Å². The summed E-state index contributed by atoms with van der Waals surface area (Å²) in [6, 6.07) is 11.5. The van der Waals surface area contributed by atoms with Crippen LogP contribution in [0.5, 0.6) is 0 Å². The molecule has 3 amide bonds. The molecule has 9 heteroatoms. The molecule has 0 saturated carbocycles. The zero-order valence-corrected chi connectivity index (χ0v) is 18.4. The third-order valence-corrected chi connectivity index (χ3v) is 5.33. The number of halogens is 2. The number of nitrogens with one attached hydrogen (secondary N) is 3. The fourth-order valence-electron chi connectivity index (χ4n) is 2.94. The summed E-state index contributed by atoms with van der Waals surface area (Å²) in [5.74, 6) is -0.762. The van der Waals surface area contributed by atoms with E-state index in [1.807, 2.05) is 0 Å². The summed E-state index contributed by atoms with van der Waals surface area (Å²) in [6.07, 6.45) is 1.24. The van der Waals surface area contributed by atoms with Crippen LogP contribution in [0.15, 0.2) is 46.9 Å². The van der Waals surface area contributed by atoms with Crippen molar-refractivity contribution >= 4 is 50.9 Å². The highest BCUT2D eigenvalue weighted by atomic mass is 79.9. The van der Waals surface area contributed by atoms with Gasteiger partial charge in [0.2, 0.25) is 5.91 Å². The van der Waals surface area contributed by atoms with Gasteiger partial charge in [-0.3, -0.25) is 14.4 Å². The van der Waals surface area contributed by atoms with Gasteiger partial charge in [-0.15, -0.1) is 0 Å². The largest absolute Gasteiger partial charge is 0.368 e. The molecule has 1 saturated heterocycles. The van der Waals surface area contributed by atoms with Gasteiger partial charge in [0.1, 0.15) is 6.10 Å². The lowest BCUT2D eigenvalue weighted by Crippen LogP contribution is -2.39. The molecule has 158 valence electrons. The van der Waals surface area contributed by atoms with Gasteiger partial charge < -0.3 is 20.7 Å². The summed E-state index contributed by atoms with van der Waals surface area (Å²) in [5.41, 5.74) is 1.33. The summed E-state index contributed by atoms with van der Waals surface area (Å²) in [6.45, 7) is 1.24. The van der Waals surface area contributed by atoms with Crippen molar-refractivity contribution in [3.8, 4) is 0 Å². The average Bonchev–Trinajstić information content (AvgIpc) is 3.28. The van der Waals surface area contributed by atoms with Gasteiger partial charge in [0, 0.05) is 35.4 Å². The van der Waals surface area contributed by atoms with E-state index in [9.17, 15) is 14.4 Å². The van der Waals surface area contributed by atoms with Gasteiger partial charge in [-0.05, 0) is 55.3 Å². The topological polar surface area (TPSA) is 96.5 Å². The van der Waals surface area contributed by atoms with E-state index in [1.54, 1.807) is 42.5 Å². The summed E-state index contributed by atoms with van der Waals surface area (Å²) < 4.78 is 6.05. The average molecular weight is 495 g/mol. The Labute approximate surface area is 187 Å². The number of hydrogen-bond acceptors (Lipinski definition) is 4. The summed E-state index contributed by atoms with van der Waals surface area (Å²) >= 11 is 9.39. The third kappa shape index (κ3) is 6.04. The second-order valence-electron chi connectivity index (χ2n) is 6.70. The molecule has 1 unspecified atom stereocenters. The lowest BCUT2D eigenvalue weighted by atomic mass is 10.1. The molecule has 1 heterocycles. The van der Waals surface area contributed by atoms with Gasteiger partial charge in [0.05, 0.1) is 10.6 Å². The molecular formula is C21H21BrClN3O4. The van der Waals surface area contributed by atoms with Crippen LogP contribution in [-0.4, -0.2) is 43.5 Å². The molecule has 3 rings (SSSR count). The number of carbonyl (C=O) groups excluding carboxylic acids is 3. The molecule has 0 radical (unpaired) electrons. The molecule has 1 aliphatic heterocycles. The summed E-state index contributed by atoms with van der Waals surface area (Å²) in [5, 5.41) is 8.58. The normalized spacial score (nSPS) is 15.5. The standard InChI is InChI=1S/C21H21BrClN3O4/c22-14-5-8-17(23)16(12-14)20(28)26-15-6-3-13(4-7-15)19(27)24-9-10-25-21(29)18-2-1-11-30-18/h3-8,12,18H,1-2,9-11H2,(H,24,27)(H,25,29)(H,26,28). The van der Waals surface area contributed by atoms with Crippen LogP contribution in [-0.2, 0) is 9.53 Å². The number of benzene rings is 2. The molecule has 2 aromatic rings. The highest BCUT2D eigenvalue weighted by Gasteiger charge is 2.22. The third-order valence-electron chi connectivity index (χ3n) is 4.51. The summed E-state index contributed by atoms with van der Waals surface area (Å²) in [4.78, 5) is 36.4. The van der Waals surface area contributed by atoms with Crippen LogP contribution < -0.4 is 16.0 Å². The predicted molar refractivity (Wildman–Crippen MR) is 118 cm³/mol. The summed E-state index contributed by atoms with van der Waals surface area (Å²) in [7, 11) is 0. The minimum atomic E-state index is -0.379. The molecule has 30 heavy (non-hydrogen) atoms. The van der Waals surface area contributed by atoms with Crippen molar-refractivity contribution in [2.24, 2.45) is 0 Å². The molecule has 1 aliphatic rings. The van der Waals surface area contributed by atoms with E-state index < -0.39 is 0 Å². The maximum atomic E-state index is 12.4. The van der Waals surface area contributed by atoms with Crippen molar-refractivity contribution in [2.75, 3.05) is 25.0 Å². The van der Waals surface area contributed by atoms with E-state index in [1.165, 1.54) is 0 Å². The highest BCUT2D eigenvalue weighted by molar-refractivity contribution is 9.10. The number of ether oxygens (including phenoxy) is 1. The van der Waals surface area contributed by atoms with E-state index in [2.05, 4.69) is 31.9 Å². The zero-order chi connectivity index (χ0) is 21.5. The number of amides is 3. The molecule has 1 fully saturated rings. The first kappa shape index (κ1) is 22.3. The van der Waals surface area contributed by atoms with Gasteiger partial charge in [0.15, 0.2) is 0 Å². The molecular weight excluding hydrogens is 474 g/mol. The Bertz CT molecular complexity index is 930. The first-order valence-corrected chi connectivity index (χ1v) is 10.6. The first-order valence-electron chi connectivity index (χ1n) is 9.48. The Morgan fingerprint density at radius 2 is 1.77 bits per heavy atom. The number of rotatable bonds is 7. The lowest BCUT2D eigenvalue weighted by molar-refractivity contribution is -0.129. The van der Waals surface area contributed by atoms with Crippen LogP contribution in [0.3, 0.4) is 0 Å². The quantitative estimate of drug-likeness (QED) is 0.514. The van der Waals surface area contributed by atoms with Gasteiger partial charge >= 0.3 is 0 Å². The number of anilines is 1. The highest BCUT2D eigenvalue weighted by Crippen LogP contribution is 2.22. The first-order chi connectivity index (χ1) is 14.4. The predicted octanol–water partition coefficient (Wildman–Crippen LogP) is 3.38. The van der Waals surface area contributed by atoms with Crippen LogP contribution in [0.1, 0.15) is 33.6 Å². The molecule has 3 N–H and O–H groups in total. The van der Waals surface area contributed by atoms with Crippen molar-refractivity contribution in [2.45, 2.75) is 18.9 Å². The van der Waals surface area contributed by atoms with E-state index in [0.717, 1.165) is 17.3 Å². The van der Waals surface area contributed by atoms with Crippen molar-refractivity contribution in [3.63, 3.8) is 0 Å².